The molecule has 170 valence electrons. The first-order valence-corrected chi connectivity index (χ1v) is 12.0. The number of amides is 2. The number of rotatable bonds is 8. The Morgan fingerprint density at radius 2 is 2.06 bits per heavy atom. The number of ether oxygens (including phenoxy) is 1. The summed E-state index contributed by atoms with van der Waals surface area (Å²) in [5, 5.41) is 15.6. The highest BCUT2D eigenvalue weighted by Crippen LogP contribution is 2.28. The lowest BCUT2D eigenvalue weighted by atomic mass is 9.97. The van der Waals surface area contributed by atoms with Crippen molar-refractivity contribution in [1.29, 1.82) is 0 Å². The van der Waals surface area contributed by atoms with Crippen LogP contribution in [0.1, 0.15) is 25.7 Å². The van der Waals surface area contributed by atoms with Gasteiger partial charge in [-0.2, -0.15) is 0 Å². The third-order valence-corrected chi connectivity index (χ3v) is 6.67. The number of hydrogen-bond donors (Lipinski definition) is 2. The Labute approximate surface area is 196 Å². The van der Waals surface area contributed by atoms with E-state index in [-0.39, 0.29) is 23.5 Å². The van der Waals surface area contributed by atoms with Crippen LogP contribution in [0, 0.1) is 5.92 Å². The fraction of sp³-hybridized carbons (Fsp3) is 0.455. The van der Waals surface area contributed by atoms with Gasteiger partial charge < -0.3 is 20.3 Å². The van der Waals surface area contributed by atoms with Crippen LogP contribution >= 0.6 is 23.4 Å². The molecule has 1 saturated heterocycles. The number of thioether (sulfide) groups is 1. The number of hydrogen-bond acceptors (Lipinski definition) is 7. The van der Waals surface area contributed by atoms with Crippen LogP contribution < -0.4 is 20.3 Å². The molecule has 2 heterocycles. The first-order valence-electron chi connectivity index (χ1n) is 10.7. The summed E-state index contributed by atoms with van der Waals surface area (Å²) in [6.07, 6.45) is 4.05. The summed E-state index contributed by atoms with van der Waals surface area (Å²) in [7, 11) is 1.54. The van der Waals surface area contributed by atoms with Crippen LogP contribution in [0.15, 0.2) is 35.4 Å². The SMILES string of the molecule is COc1ccc(NC(=O)CSc2ccc(N3CCC[C@H](C(=O)NC4CC4)C3)nn2)cc1Cl. The summed E-state index contributed by atoms with van der Waals surface area (Å²) in [6.45, 7) is 1.52. The molecule has 1 aromatic heterocycles. The Morgan fingerprint density at radius 1 is 1.22 bits per heavy atom. The van der Waals surface area contributed by atoms with Crippen molar-refractivity contribution in [2.24, 2.45) is 5.92 Å². The molecule has 1 aromatic carbocycles. The molecular weight excluding hydrogens is 450 g/mol. The molecule has 2 aliphatic rings. The van der Waals surface area contributed by atoms with E-state index in [1.807, 2.05) is 12.1 Å². The van der Waals surface area contributed by atoms with E-state index in [2.05, 4.69) is 25.7 Å². The van der Waals surface area contributed by atoms with Crippen molar-refractivity contribution >= 4 is 46.7 Å². The molecule has 10 heteroatoms. The number of halogens is 1. The number of nitrogens with one attached hydrogen (secondary N) is 2. The van der Waals surface area contributed by atoms with Gasteiger partial charge >= 0.3 is 0 Å². The largest absolute Gasteiger partial charge is 0.495 e. The molecule has 1 aliphatic heterocycles. The van der Waals surface area contributed by atoms with Crippen molar-refractivity contribution in [2.45, 2.75) is 36.8 Å². The number of carbonyl (C=O) groups is 2. The van der Waals surface area contributed by atoms with E-state index in [0.717, 1.165) is 38.0 Å². The fourth-order valence-corrected chi connectivity index (χ4v) is 4.46. The lowest BCUT2D eigenvalue weighted by Crippen LogP contribution is -2.44. The highest BCUT2D eigenvalue weighted by molar-refractivity contribution is 7.99. The van der Waals surface area contributed by atoms with Crippen molar-refractivity contribution in [3.8, 4) is 5.75 Å². The van der Waals surface area contributed by atoms with E-state index in [4.69, 9.17) is 16.3 Å². The Balaban J connectivity index is 1.26. The standard InChI is InChI=1S/C22H26ClN5O3S/c1-31-18-7-6-16(11-17(18)23)24-20(29)13-32-21-9-8-19(26-27-21)28-10-2-3-14(12-28)22(30)25-15-4-5-15/h6-9,11,14-15H,2-5,10,12-13H2,1H3,(H,24,29)(H,25,30)/t14-/m0/s1. The summed E-state index contributed by atoms with van der Waals surface area (Å²) >= 11 is 7.40. The van der Waals surface area contributed by atoms with Crippen LogP contribution in [0.25, 0.3) is 0 Å². The van der Waals surface area contributed by atoms with Gasteiger partial charge in [-0.3, -0.25) is 9.59 Å². The molecule has 8 nitrogen and oxygen atoms in total. The maximum atomic E-state index is 12.4. The van der Waals surface area contributed by atoms with E-state index in [1.54, 1.807) is 18.2 Å². The zero-order valence-corrected chi connectivity index (χ0v) is 19.4. The number of methoxy groups -OCH3 is 1. The number of benzene rings is 1. The summed E-state index contributed by atoms with van der Waals surface area (Å²) < 4.78 is 5.11. The van der Waals surface area contributed by atoms with Gasteiger partial charge in [0.2, 0.25) is 11.8 Å². The molecular formula is C22H26ClN5O3S. The maximum absolute atomic E-state index is 12.4. The van der Waals surface area contributed by atoms with Gasteiger partial charge in [-0.05, 0) is 56.0 Å². The maximum Gasteiger partial charge on any atom is 0.234 e. The number of anilines is 2. The van der Waals surface area contributed by atoms with E-state index >= 15 is 0 Å². The van der Waals surface area contributed by atoms with Gasteiger partial charge in [0.15, 0.2) is 5.82 Å². The van der Waals surface area contributed by atoms with Gasteiger partial charge in [0.25, 0.3) is 0 Å². The zero-order chi connectivity index (χ0) is 22.5. The van der Waals surface area contributed by atoms with Crippen molar-refractivity contribution in [3.63, 3.8) is 0 Å². The number of piperidine rings is 1. The predicted octanol–water partition coefficient (Wildman–Crippen LogP) is 3.36. The van der Waals surface area contributed by atoms with E-state index in [9.17, 15) is 9.59 Å². The molecule has 0 radical (unpaired) electrons. The van der Waals surface area contributed by atoms with Crippen LogP contribution in [0.2, 0.25) is 5.02 Å². The third-order valence-electron chi connectivity index (χ3n) is 5.45. The van der Waals surface area contributed by atoms with Crippen LogP contribution in [0.4, 0.5) is 11.5 Å². The number of nitrogens with zero attached hydrogens (tertiary/aromatic N) is 3. The van der Waals surface area contributed by atoms with Crippen molar-refractivity contribution in [1.82, 2.24) is 15.5 Å². The molecule has 2 amide bonds. The summed E-state index contributed by atoms with van der Waals surface area (Å²) in [5.74, 6) is 1.50. The molecule has 2 fully saturated rings. The highest BCUT2D eigenvalue weighted by Gasteiger charge is 2.30. The topological polar surface area (TPSA) is 96.5 Å². The second kappa shape index (κ2) is 10.4. The minimum atomic E-state index is -0.164. The van der Waals surface area contributed by atoms with E-state index in [0.29, 0.717) is 34.1 Å². The quantitative estimate of drug-likeness (QED) is 0.565. The van der Waals surface area contributed by atoms with Crippen LogP contribution in [-0.2, 0) is 9.59 Å². The molecule has 1 saturated carbocycles. The van der Waals surface area contributed by atoms with Crippen LogP contribution in [0.5, 0.6) is 5.75 Å². The predicted molar refractivity (Wildman–Crippen MR) is 125 cm³/mol. The first-order chi connectivity index (χ1) is 15.5. The number of carbonyl (C=O) groups excluding carboxylic acids is 2. The molecule has 1 aliphatic carbocycles. The van der Waals surface area contributed by atoms with E-state index < -0.39 is 0 Å². The normalized spacial score (nSPS) is 18.2. The van der Waals surface area contributed by atoms with Gasteiger partial charge in [0.05, 0.1) is 23.8 Å². The van der Waals surface area contributed by atoms with Crippen molar-refractivity contribution < 1.29 is 14.3 Å². The minimum absolute atomic E-state index is 0.00430. The summed E-state index contributed by atoms with van der Waals surface area (Å²) in [4.78, 5) is 26.7. The van der Waals surface area contributed by atoms with Crippen molar-refractivity contribution in [3.05, 3.63) is 35.4 Å². The average Bonchev–Trinajstić information content (AvgIpc) is 3.62. The van der Waals surface area contributed by atoms with Gasteiger partial charge in [-0.15, -0.1) is 10.2 Å². The zero-order valence-electron chi connectivity index (χ0n) is 17.8. The minimum Gasteiger partial charge on any atom is -0.495 e. The lowest BCUT2D eigenvalue weighted by molar-refractivity contribution is -0.125. The molecule has 1 atom stereocenters. The Bertz CT molecular complexity index is 971. The Kier molecular flexibility index (Phi) is 7.36. The molecule has 0 unspecified atom stereocenters. The van der Waals surface area contributed by atoms with Crippen LogP contribution in [0.3, 0.4) is 0 Å². The average molecular weight is 476 g/mol. The second-order valence-corrected chi connectivity index (χ2v) is 9.39. The number of aromatic nitrogens is 2. The molecule has 0 bridgehead atoms. The third kappa shape index (κ3) is 6.04. The van der Waals surface area contributed by atoms with Gasteiger partial charge in [0, 0.05) is 24.8 Å². The molecule has 2 aromatic rings. The smallest absolute Gasteiger partial charge is 0.234 e. The molecule has 0 spiro atoms. The van der Waals surface area contributed by atoms with Crippen molar-refractivity contribution in [2.75, 3.05) is 36.2 Å². The van der Waals surface area contributed by atoms with E-state index in [1.165, 1.54) is 18.9 Å². The molecule has 32 heavy (non-hydrogen) atoms. The molecule has 2 N–H and O–H groups in total. The fourth-order valence-electron chi connectivity index (χ4n) is 3.59. The monoisotopic (exact) mass is 475 g/mol. The summed E-state index contributed by atoms with van der Waals surface area (Å²) in [6, 6.07) is 9.23. The lowest BCUT2D eigenvalue weighted by Gasteiger charge is -2.32. The first kappa shape index (κ1) is 22.7. The second-order valence-electron chi connectivity index (χ2n) is 7.98. The van der Waals surface area contributed by atoms with Gasteiger partial charge in [0.1, 0.15) is 10.8 Å². The highest BCUT2D eigenvalue weighted by atomic mass is 35.5. The summed E-state index contributed by atoms with van der Waals surface area (Å²) in [5.41, 5.74) is 0.605. The van der Waals surface area contributed by atoms with Gasteiger partial charge in [-0.1, -0.05) is 23.4 Å². The van der Waals surface area contributed by atoms with Gasteiger partial charge in [-0.25, -0.2) is 0 Å². The van der Waals surface area contributed by atoms with Crippen LogP contribution in [-0.4, -0.2) is 54.0 Å². The Morgan fingerprint density at radius 3 is 2.75 bits per heavy atom. The Hall–Kier alpha value is -2.52. The molecule has 4 rings (SSSR count).